The van der Waals surface area contributed by atoms with Crippen molar-refractivity contribution in [2.24, 2.45) is 5.92 Å². The smallest absolute Gasteiger partial charge is 0.254 e. The quantitative estimate of drug-likeness (QED) is 0.770. The van der Waals surface area contributed by atoms with Gasteiger partial charge in [0, 0.05) is 26.2 Å². The second kappa shape index (κ2) is 7.25. The Labute approximate surface area is 117 Å². The van der Waals surface area contributed by atoms with Gasteiger partial charge in [-0.05, 0) is 38.6 Å². The number of ether oxygens (including phenoxy) is 1. The van der Waals surface area contributed by atoms with Crippen molar-refractivity contribution in [2.45, 2.75) is 58.6 Å². The Balaban J connectivity index is 2.73. The molecule has 0 aliphatic carbocycles. The molecule has 1 aliphatic heterocycles. The predicted octanol–water partition coefficient (Wildman–Crippen LogP) is 2.04. The number of hydrogen-bond acceptors (Lipinski definition) is 3. The van der Waals surface area contributed by atoms with Crippen LogP contribution < -0.4 is 5.32 Å². The first-order valence-corrected chi connectivity index (χ1v) is 7.50. The summed E-state index contributed by atoms with van der Waals surface area (Å²) in [6.07, 6.45) is 3.08. The molecular formula is C15H30N2O2. The maximum atomic E-state index is 12.7. The number of rotatable bonds is 7. The Morgan fingerprint density at radius 2 is 2.21 bits per heavy atom. The van der Waals surface area contributed by atoms with Gasteiger partial charge in [-0.25, -0.2) is 0 Å². The van der Waals surface area contributed by atoms with Crippen LogP contribution in [0.1, 0.15) is 47.0 Å². The zero-order valence-corrected chi connectivity index (χ0v) is 13.2. The summed E-state index contributed by atoms with van der Waals surface area (Å²) in [5, 5.41) is 3.47. The molecule has 2 atom stereocenters. The molecular weight excluding hydrogens is 240 g/mol. The first-order chi connectivity index (χ1) is 8.92. The highest BCUT2D eigenvalue weighted by Gasteiger charge is 2.36. The van der Waals surface area contributed by atoms with Gasteiger partial charge in [0.1, 0.15) is 5.60 Å². The number of hydrogen-bond donors (Lipinski definition) is 1. The summed E-state index contributed by atoms with van der Waals surface area (Å²) < 4.78 is 5.46. The van der Waals surface area contributed by atoms with E-state index in [1.165, 1.54) is 6.42 Å². The number of methoxy groups -OCH3 is 1. The van der Waals surface area contributed by atoms with Crippen molar-refractivity contribution in [1.82, 2.24) is 10.2 Å². The van der Waals surface area contributed by atoms with Crippen LogP contribution >= 0.6 is 0 Å². The minimum absolute atomic E-state index is 0.125. The first kappa shape index (κ1) is 16.4. The van der Waals surface area contributed by atoms with Gasteiger partial charge >= 0.3 is 0 Å². The molecule has 1 N–H and O–H groups in total. The van der Waals surface area contributed by atoms with Gasteiger partial charge in [0.05, 0.1) is 0 Å². The van der Waals surface area contributed by atoms with Gasteiger partial charge < -0.3 is 15.0 Å². The van der Waals surface area contributed by atoms with Crippen molar-refractivity contribution < 1.29 is 9.53 Å². The highest BCUT2D eigenvalue weighted by atomic mass is 16.5. The zero-order valence-electron chi connectivity index (χ0n) is 13.2. The normalized spacial score (nSPS) is 22.5. The molecule has 0 aromatic heterocycles. The molecule has 0 aromatic carbocycles. The van der Waals surface area contributed by atoms with Crippen molar-refractivity contribution in [2.75, 3.05) is 26.7 Å². The Morgan fingerprint density at radius 1 is 1.53 bits per heavy atom. The van der Waals surface area contributed by atoms with E-state index in [4.69, 9.17) is 4.74 Å². The fourth-order valence-corrected chi connectivity index (χ4v) is 2.58. The summed E-state index contributed by atoms with van der Waals surface area (Å²) in [6.45, 7) is 10.9. The Hall–Kier alpha value is -0.610. The van der Waals surface area contributed by atoms with Crippen LogP contribution in [0.15, 0.2) is 0 Å². The molecule has 4 heteroatoms. The van der Waals surface area contributed by atoms with Crippen molar-refractivity contribution in [3.8, 4) is 0 Å². The van der Waals surface area contributed by atoms with E-state index in [1.807, 2.05) is 18.7 Å². The number of carbonyl (C=O) groups is 1. The SMILES string of the molecule is CCC(C)(OC)C(=O)N(CC(C)C)CC1CCCN1. The molecule has 0 bridgehead atoms. The van der Waals surface area contributed by atoms with Crippen LogP contribution in [0.2, 0.25) is 0 Å². The minimum Gasteiger partial charge on any atom is -0.369 e. The molecule has 1 saturated heterocycles. The standard InChI is InChI=1S/C15H30N2O2/c1-6-15(4,19-5)14(18)17(10-12(2)3)11-13-8-7-9-16-13/h12-13,16H,6-11H2,1-5H3. The summed E-state index contributed by atoms with van der Waals surface area (Å²) in [5.74, 6) is 0.600. The largest absolute Gasteiger partial charge is 0.369 e. The van der Waals surface area contributed by atoms with Crippen LogP contribution in [0.25, 0.3) is 0 Å². The molecule has 19 heavy (non-hydrogen) atoms. The highest BCUT2D eigenvalue weighted by Crippen LogP contribution is 2.20. The molecule has 0 spiro atoms. The molecule has 1 rings (SSSR count). The van der Waals surface area contributed by atoms with Gasteiger partial charge in [-0.3, -0.25) is 4.79 Å². The van der Waals surface area contributed by atoms with E-state index in [2.05, 4.69) is 19.2 Å². The van der Waals surface area contributed by atoms with Gasteiger partial charge in [0.2, 0.25) is 0 Å². The molecule has 0 aromatic rings. The van der Waals surface area contributed by atoms with Crippen molar-refractivity contribution >= 4 is 5.91 Å². The molecule has 2 unspecified atom stereocenters. The average Bonchev–Trinajstić information content (AvgIpc) is 2.88. The van der Waals surface area contributed by atoms with Crippen molar-refractivity contribution in [3.63, 3.8) is 0 Å². The van der Waals surface area contributed by atoms with Gasteiger partial charge in [0.25, 0.3) is 5.91 Å². The monoisotopic (exact) mass is 270 g/mol. The third-order valence-electron chi connectivity index (χ3n) is 4.05. The third kappa shape index (κ3) is 4.46. The van der Waals surface area contributed by atoms with Gasteiger partial charge in [-0.15, -0.1) is 0 Å². The molecule has 0 saturated carbocycles. The summed E-state index contributed by atoms with van der Waals surface area (Å²) in [5.41, 5.74) is -0.687. The minimum atomic E-state index is -0.687. The van der Waals surface area contributed by atoms with E-state index in [9.17, 15) is 4.79 Å². The Bertz CT molecular complexity index is 282. The van der Waals surface area contributed by atoms with Crippen molar-refractivity contribution in [1.29, 1.82) is 0 Å². The molecule has 1 heterocycles. The summed E-state index contributed by atoms with van der Waals surface area (Å²) in [7, 11) is 1.63. The van der Waals surface area contributed by atoms with Crippen LogP contribution in [-0.2, 0) is 9.53 Å². The average molecular weight is 270 g/mol. The number of nitrogens with one attached hydrogen (secondary N) is 1. The molecule has 1 amide bonds. The molecule has 0 radical (unpaired) electrons. The van der Waals surface area contributed by atoms with E-state index in [-0.39, 0.29) is 5.91 Å². The second-order valence-corrected chi connectivity index (χ2v) is 6.19. The lowest BCUT2D eigenvalue weighted by Crippen LogP contribution is -2.52. The Kier molecular flexibility index (Phi) is 6.27. The predicted molar refractivity (Wildman–Crippen MR) is 78.1 cm³/mol. The maximum Gasteiger partial charge on any atom is 0.254 e. The number of amides is 1. The molecule has 1 aliphatic rings. The van der Waals surface area contributed by atoms with E-state index >= 15 is 0 Å². The lowest BCUT2D eigenvalue weighted by molar-refractivity contribution is -0.154. The third-order valence-corrected chi connectivity index (χ3v) is 4.05. The fraction of sp³-hybridized carbons (Fsp3) is 0.933. The fourth-order valence-electron chi connectivity index (χ4n) is 2.58. The first-order valence-electron chi connectivity index (χ1n) is 7.50. The molecule has 1 fully saturated rings. The topological polar surface area (TPSA) is 41.6 Å². The molecule has 112 valence electrons. The Morgan fingerprint density at radius 3 is 2.63 bits per heavy atom. The van der Waals surface area contributed by atoms with Crippen LogP contribution in [0.3, 0.4) is 0 Å². The van der Waals surface area contributed by atoms with Crippen LogP contribution in [0, 0.1) is 5.92 Å². The van der Waals surface area contributed by atoms with Gasteiger partial charge in [-0.2, -0.15) is 0 Å². The van der Waals surface area contributed by atoms with E-state index in [1.54, 1.807) is 7.11 Å². The van der Waals surface area contributed by atoms with E-state index in [0.717, 1.165) is 26.1 Å². The summed E-state index contributed by atoms with van der Waals surface area (Å²) >= 11 is 0. The molecule has 4 nitrogen and oxygen atoms in total. The van der Waals surface area contributed by atoms with Crippen LogP contribution in [0.5, 0.6) is 0 Å². The highest BCUT2D eigenvalue weighted by molar-refractivity contribution is 5.84. The zero-order chi connectivity index (χ0) is 14.5. The van der Waals surface area contributed by atoms with E-state index < -0.39 is 5.60 Å². The second-order valence-electron chi connectivity index (χ2n) is 6.19. The van der Waals surface area contributed by atoms with Gasteiger partial charge in [0.15, 0.2) is 0 Å². The van der Waals surface area contributed by atoms with Crippen LogP contribution in [0.4, 0.5) is 0 Å². The maximum absolute atomic E-state index is 12.7. The van der Waals surface area contributed by atoms with E-state index in [0.29, 0.717) is 18.4 Å². The summed E-state index contributed by atoms with van der Waals surface area (Å²) in [4.78, 5) is 14.7. The summed E-state index contributed by atoms with van der Waals surface area (Å²) in [6, 6.07) is 0.445. The lowest BCUT2D eigenvalue weighted by Gasteiger charge is -2.35. The van der Waals surface area contributed by atoms with Gasteiger partial charge in [-0.1, -0.05) is 20.8 Å². The number of carbonyl (C=O) groups excluding carboxylic acids is 1. The van der Waals surface area contributed by atoms with Crippen molar-refractivity contribution in [3.05, 3.63) is 0 Å². The number of nitrogens with zero attached hydrogens (tertiary/aromatic N) is 1. The van der Waals surface area contributed by atoms with Crippen LogP contribution in [-0.4, -0.2) is 49.2 Å². The lowest BCUT2D eigenvalue weighted by atomic mass is 10.00.